The fourth-order valence-electron chi connectivity index (χ4n) is 5.83. The van der Waals surface area contributed by atoms with Gasteiger partial charge in [-0.1, -0.05) is 48.0 Å². The first-order valence-electron chi connectivity index (χ1n) is 13.8. The van der Waals surface area contributed by atoms with Crippen LogP contribution in [0.15, 0.2) is 77.6 Å². The van der Waals surface area contributed by atoms with Gasteiger partial charge in [0.05, 0.1) is 23.4 Å². The Labute approximate surface area is 275 Å². The van der Waals surface area contributed by atoms with Gasteiger partial charge in [0, 0.05) is 45.5 Å². The number of aliphatic hydroxyl groups is 2. The number of aliphatic hydroxyl groups excluding tert-OH is 2. The number of carboxylic acid groups (broad SMARTS) is 1. The number of halogens is 2. The molecule has 2 atom stereocenters. The fourth-order valence-corrected chi connectivity index (χ4v) is 6.02. The molecular formula is C33H31ClFN2NaO5. The summed E-state index contributed by atoms with van der Waals surface area (Å²) in [5, 5.41) is 33.7. The summed E-state index contributed by atoms with van der Waals surface area (Å²) < 4.78 is 17.6. The van der Waals surface area contributed by atoms with Crippen LogP contribution >= 0.6 is 11.6 Å². The van der Waals surface area contributed by atoms with E-state index in [1.54, 1.807) is 34.9 Å². The van der Waals surface area contributed by atoms with Crippen LogP contribution < -0.4 is 40.2 Å². The predicted molar refractivity (Wildman–Crippen MR) is 160 cm³/mol. The minimum atomic E-state index is -1.39. The molecule has 0 bridgehead atoms. The van der Waals surface area contributed by atoms with Gasteiger partial charge in [-0.05, 0) is 75.1 Å². The second kappa shape index (κ2) is 13.8. The van der Waals surface area contributed by atoms with Crippen molar-refractivity contribution in [3.05, 3.63) is 99.7 Å². The van der Waals surface area contributed by atoms with Crippen LogP contribution in [-0.2, 0) is 11.2 Å². The van der Waals surface area contributed by atoms with Crippen molar-refractivity contribution in [2.45, 2.75) is 57.8 Å². The van der Waals surface area contributed by atoms with Gasteiger partial charge in [0.2, 0.25) is 0 Å². The Morgan fingerprint density at radius 2 is 1.70 bits per heavy atom. The van der Waals surface area contributed by atoms with Crippen molar-refractivity contribution in [3.63, 3.8) is 0 Å². The maximum absolute atomic E-state index is 14.5. The maximum atomic E-state index is 14.5. The fraction of sp³-hybridized carbons (Fsp3) is 0.273. The van der Waals surface area contributed by atoms with Gasteiger partial charge >= 0.3 is 29.6 Å². The van der Waals surface area contributed by atoms with E-state index in [2.05, 4.69) is 0 Å². The molecule has 2 heterocycles. The molecule has 7 nitrogen and oxygen atoms in total. The summed E-state index contributed by atoms with van der Waals surface area (Å²) in [5.74, 6) is -1.78. The van der Waals surface area contributed by atoms with E-state index in [1.165, 1.54) is 12.1 Å². The summed E-state index contributed by atoms with van der Waals surface area (Å²) in [6, 6.07) is 20.6. The number of rotatable bonds is 10. The summed E-state index contributed by atoms with van der Waals surface area (Å²) in [6.45, 7) is 3.94. The molecule has 0 unspecified atom stereocenters. The van der Waals surface area contributed by atoms with E-state index in [9.17, 15) is 29.3 Å². The van der Waals surface area contributed by atoms with E-state index in [4.69, 9.17) is 11.6 Å². The van der Waals surface area contributed by atoms with Crippen molar-refractivity contribution in [1.29, 1.82) is 0 Å². The molecule has 0 amide bonds. The zero-order chi connectivity index (χ0) is 30.1. The molecule has 0 aliphatic carbocycles. The van der Waals surface area contributed by atoms with Crippen LogP contribution in [0.1, 0.15) is 44.8 Å². The van der Waals surface area contributed by atoms with E-state index in [-0.39, 0.29) is 54.0 Å². The van der Waals surface area contributed by atoms with Gasteiger partial charge in [0.25, 0.3) is 5.56 Å². The van der Waals surface area contributed by atoms with Crippen LogP contribution in [0, 0.1) is 5.82 Å². The van der Waals surface area contributed by atoms with E-state index in [1.807, 2.05) is 48.7 Å². The van der Waals surface area contributed by atoms with E-state index < -0.39 is 30.4 Å². The molecule has 2 N–H and O–H groups in total. The zero-order valence-electron chi connectivity index (χ0n) is 24.3. The minimum absolute atomic E-state index is 0. The second-order valence-corrected chi connectivity index (χ2v) is 11.2. The van der Waals surface area contributed by atoms with Crippen LogP contribution in [0.2, 0.25) is 5.02 Å². The van der Waals surface area contributed by atoms with Crippen molar-refractivity contribution in [3.8, 4) is 16.8 Å². The van der Waals surface area contributed by atoms with E-state index in [0.717, 1.165) is 22.0 Å². The Kier molecular flexibility index (Phi) is 10.5. The molecule has 2 aromatic heterocycles. The van der Waals surface area contributed by atoms with Gasteiger partial charge in [0.15, 0.2) is 0 Å². The molecule has 0 saturated carbocycles. The average molecular weight is 613 g/mol. The number of nitrogens with zero attached hydrogens (tertiary/aromatic N) is 2. The van der Waals surface area contributed by atoms with Crippen LogP contribution in [-0.4, -0.2) is 37.5 Å². The number of fused-ring (bicyclic) bond motifs is 3. The summed E-state index contributed by atoms with van der Waals surface area (Å²) in [4.78, 5) is 25.4. The van der Waals surface area contributed by atoms with Gasteiger partial charge in [-0.15, -0.1) is 0 Å². The van der Waals surface area contributed by atoms with Crippen molar-refractivity contribution in [2.75, 3.05) is 0 Å². The Bertz CT molecular complexity index is 1830. The molecular weight excluding hydrogens is 582 g/mol. The topological polar surface area (TPSA) is 108 Å². The first kappa shape index (κ1) is 32.9. The first-order chi connectivity index (χ1) is 20.1. The summed E-state index contributed by atoms with van der Waals surface area (Å²) in [7, 11) is 0. The molecule has 0 radical (unpaired) electrons. The van der Waals surface area contributed by atoms with Crippen molar-refractivity contribution >= 4 is 39.4 Å². The third-order valence-electron chi connectivity index (χ3n) is 7.50. The van der Waals surface area contributed by atoms with Crippen molar-refractivity contribution in [1.82, 2.24) is 9.13 Å². The van der Waals surface area contributed by atoms with E-state index >= 15 is 0 Å². The van der Waals surface area contributed by atoms with Gasteiger partial charge < -0.3 is 24.7 Å². The van der Waals surface area contributed by atoms with Gasteiger partial charge in [-0.3, -0.25) is 9.36 Å². The molecule has 0 saturated heterocycles. The van der Waals surface area contributed by atoms with Crippen LogP contribution in [0.5, 0.6) is 0 Å². The van der Waals surface area contributed by atoms with Gasteiger partial charge in [0.1, 0.15) is 11.3 Å². The number of carboxylic acids is 1. The SMILES string of the molecule is CC(C)n1c(CC[C@@H](O)C[C@@H](O)CC(=O)[O-])c(-c2ccc(F)cc2)c2c3ccccc3n(-c3cccc(Cl)c3)c(=O)c21.[Na+]. The molecule has 5 aromatic rings. The van der Waals surface area contributed by atoms with Gasteiger partial charge in [-0.2, -0.15) is 0 Å². The maximum Gasteiger partial charge on any atom is 1.00 e. The number of aromatic nitrogens is 2. The largest absolute Gasteiger partial charge is 1.00 e. The third kappa shape index (κ3) is 6.75. The van der Waals surface area contributed by atoms with Crippen molar-refractivity contribution < 1.29 is 54.1 Å². The number of benzene rings is 3. The molecule has 0 aliphatic heterocycles. The van der Waals surface area contributed by atoms with E-state index in [0.29, 0.717) is 33.7 Å². The Morgan fingerprint density at radius 3 is 2.35 bits per heavy atom. The molecule has 218 valence electrons. The van der Waals surface area contributed by atoms with Crippen LogP contribution in [0.3, 0.4) is 0 Å². The molecule has 5 rings (SSSR count). The summed E-state index contributed by atoms with van der Waals surface area (Å²) >= 11 is 6.33. The Hall–Kier alpha value is -2.98. The van der Waals surface area contributed by atoms with Crippen LogP contribution in [0.25, 0.3) is 38.6 Å². The summed E-state index contributed by atoms with van der Waals surface area (Å²) in [6.07, 6.45) is -2.44. The molecule has 0 spiro atoms. The normalized spacial score (nSPS) is 12.9. The van der Waals surface area contributed by atoms with Crippen molar-refractivity contribution in [2.24, 2.45) is 0 Å². The van der Waals surface area contributed by atoms with Crippen LogP contribution in [0.4, 0.5) is 4.39 Å². The number of hydrogen-bond donors (Lipinski definition) is 2. The number of hydrogen-bond acceptors (Lipinski definition) is 5. The number of carbonyl (C=O) groups excluding carboxylic acids is 1. The number of para-hydroxylation sites is 1. The van der Waals surface area contributed by atoms with Gasteiger partial charge in [-0.25, -0.2) is 4.39 Å². The molecule has 0 aliphatic rings. The minimum Gasteiger partial charge on any atom is -0.550 e. The average Bonchev–Trinajstić information content (AvgIpc) is 3.28. The quantitative estimate of drug-likeness (QED) is 0.235. The standard InChI is InChI=1S/C33H32ClFN2O5.Na/c1-19(2)36-28(15-14-24(38)17-25(39)18-29(40)41)30(20-10-12-22(35)13-11-20)31-26-8-3-4-9-27(26)37(33(42)32(31)36)23-7-5-6-21(34)16-23;/h3-13,16,19,24-25,38-39H,14-15,17-18H2,1-2H3,(H,40,41);/q;+1/p-1/t24-,25-;/m1./s1. The monoisotopic (exact) mass is 612 g/mol. The number of carbonyl (C=O) groups is 1. The Morgan fingerprint density at radius 1 is 1.00 bits per heavy atom. The number of pyridine rings is 1. The molecule has 3 aromatic carbocycles. The molecule has 0 fully saturated rings. The second-order valence-electron chi connectivity index (χ2n) is 10.8. The zero-order valence-corrected chi connectivity index (χ0v) is 27.0. The first-order valence-corrected chi connectivity index (χ1v) is 14.2. The Balaban J connectivity index is 0.00000423. The predicted octanol–water partition coefficient (Wildman–Crippen LogP) is 2.17. The molecule has 43 heavy (non-hydrogen) atoms. The smallest absolute Gasteiger partial charge is 0.550 e. The molecule has 10 heteroatoms. The summed E-state index contributed by atoms with van der Waals surface area (Å²) in [5.41, 5.74) is 3.75. The third-order valence-corrected chi connectivity index (χ3v) is 7.74. The number of aliphatic carboxylic acids is 1.